The third kappa shape index (κ3) is 3.04. The van der Waals surface area contributed by atoms with Gasteiger partial charge in [0.05, 0.1) is 4.47 Å². The molecule has 0 amide bonds. The van der Waals surface area contributed by atoms with E-state index in [9.17, 15) is 0 Å². The van der Waals surface area contributed by atoms with Gasteiger partial charge in [0.2, 0.25) is 0 Å². The van der Waals surface area contributed by atoms with Crippen molar-refractivity contribution in [3.05, 3.63) is 34.6 Å². The Kier molecular flexibility index (Phi) is 3.49. The van der Waals surface area contributed by atoms with Crippen LogP contribution in [0.15, 0.2) is 28.7 Å². The molecule has 90 valence electrons. The second kappa shape index (κ2) is 4.74. The van der Waals surface area contributed by atoms with Gasteiger partial charge in [0.15, 0.2) is 5.82 Å². The third-order valence-electron chi connectivity index (χ3n) is 2.11. The van der Waals surface area contributed by atoms with Crippen molar-refractivity contribution in [1.82, 2.24) is 9.36 Å². The molecule has 3 nitrogen and oxygen atoms in total. The van der Waals surface area contributed by atoms with E-state index in [1.165, 1.54) is 11.5 Å². The van der Waals surface area contributed by atoms with Crippen molar-refractivity contribution < 1.29 is 4.74 Å². The number of ether oxygens (including phenoxy) is 1. The van der Waals surface area contributed by atoms with E-state index in [2.05, 4.69) is 46.1 Å². The van der Waals surface area contributed by atoms with Crippen LogP contribution in [0.25, 0.3) is 0 Å². The van der Waals surface area contributed by atoms with E-state index < -0.39 is 0 Å². The van der Waals surface area contributed by atoms with Gasteiger partial charge in [0.1, 0.15) is 5.75 Å². The zero-order chi connectivity index (χ0) is 12.5. The largest absolute Gasteiger partial charge is 0.429 e. The molecule has 1 heterocycles. The fourth-order valence-electron chi connectivity index (χ4n) is 1.18. The monoisotopic (exact) mass is 312 g/mol. The summed E-state index contributed by atoms with van der Waals surface area (Å²) in [6, 6.07) is 7.69. The third-order valence-corrected chi connectivity index (χ3v) is 3.36. The van der Waals surface area contributed by atoms with Crippen molar-refractivity contribution in [3.8, 4) is 10.9 Å². The normalized spacial score (nSPS) is 11.5. The van der Waals surface area contributed by atoms with Crippen LogP contribution >= 0.6 is 27.5 Å². The summed E-state index contributed by atoms with van der Waals surface area (Å²) < 4.78 is 10.9. The number of hydrogen-bond donors (Lipinski definition) is 0. The topological polar surface area (TPSA) is 35.0 Å². The van der Waals surface area contributed by atoms with Gasteiger partial charge in [-0.15, -0.1) is 0 Å². The molecule has 0 unspecified atom stereocenters. The predicted molar refractivity (Wildman–Crippen MR) is 72.8 cm³/mol. The number of para-hydroxylation sites is 1. The molecule has 0 aliphatic heterocycles. The zero-order valence-electron chi connectivity index (χ0n) is 9.90. The highest BCUT2D eigenvalue weighted by molar-refractivity contribution is 9.10. The van der Waals surface area contributed by atoms with Crippen LogP contribution in [0.3, 0.4) is 0 Å². The van der Waals surface area contributed by atoms with Crippen LogP contribution < -0.4 is 4.74 Å². The Balaban J connectivity index is 2.21. The molecule has 0 N–H and O–H groups in total. The van der Waals surface area contributed by atoms with Gasteiger partial charge < -0.3 is 4.74 Å². The molecule has 0 radical (unpaired) electrons. The van der Waals surface area contributed by atoms with Crippen LogP contribution in [0.2, 0.25) is 0 Å². The second-order valence-corrected chi connectivity index (χ2v) is 6.24. The molecule has 1 aromatic heterocycles. The molecule has 0 bridgehead atoms. The van der Waals surface area contributed by atoms with Crippen molar-refractivity contribution in [2.75, 3.05) is 0 Å². The second-order valence-electron chi connectivity index (χ2n) is 4.67. The van der Waals surface area contributed by atoms with E-state index in [1.54, 1.807) is 0 Å². The van der Waals surface area contributed by atoms with E-state index in [1.807, 2.05) is 24.3 Å². The van der Waals surface area contributed by atoms with Crippen molar-refractivity contribution in [2.24, 2.45) is 0 Å². The van der Waals surface area contributed by atoms with Gasteiger partial charge in [-0.3, -0.25) is 0 Å². The molecule has 2 rings (SSSR count). The molecular formula is C12H13BrN2OS. The van der Waals surface area contributed by atoms with Crippen LogP contribution in [-0.4, -0.2) is 9.36 Å². The molecule has 2 aromatic rings. The van der Waals surface area contributed by atoms with Crippen LogP contribution in [0.4, 0.5) is 0 Å². The Morgan fingerprint density at radius 1 is 1.24 bits per heavy atom. The van der Waals surface area contributed by atoms with E-state index in [-0.39, 0.29) is 5.41 Å². The lowest BCUT2D eigenvalue weighted by Gasteiger charge is -2.12. The zero-order valence-corrected chi connectivity index (χ0v) is 12.3. The van der Waals surface area contributed by atoms with Gasteiger partial charge in [-0.25, -0.2) is 0 Å². The first kappa shape index (κ1) is 12.5. The van der Waals surface area contributed by atoms with Gasteiger partial charge >= 0.3 is 0 Å². The SMILES string of the molecule is CC(C)(C)c1nsc(Oc2ccccc2Br)n1. The molecule has 0 atom stereocenters. The first-order chi connectivity index (χ1) is 7.97. The van der Waals surface area contributed by atoms with Crippen molar-refractivity contribution in [1.29, 1.82) is 0 Å². The van der Waals surface area contributed by atoms with Gasteiger partial charge in [-0.1, -0.05) is 32.9 Å². The molecule has 17 heavy (non-hydrogen) atoms. The summed E-state index contributed by atoms with van der Waals surface area (Å²) in [4.78, 5) is 4.38. The predicted octanol–water partition coefficient (Wildman–Crippen LogP) is 4.39. The molecule has 0 spiro atoms. The summed E-state index contributed by atoms with van der Waals surface area (Å²) in [5, 5.41) is 0.571. The van der Waals surface area contributed by atoms with Crippen LogP contribution in [0.1, 0.15) is 26.6 Å². The maximum Gasteiger partial charge on any atom is 0.298 e. The summed E-state index contributed by atoms with van der Waals surface area (Å²) in [6.07, 6.45) is 0. The summed E-state index contributed by atoms with van der Waals surface area (Å²) >= 11 is 4.71. The van der Waals surface area contributed by atoms with Gasteiger partial charge in [0, 0.05) is 16.9 Å². The molecule has 0 saturated heterocycles. The van der Waals surface area contributed by atoms with Crippen LogP contribution in [0.5, 0.6) is 10.9 Å². The highest BCUT2D eigenvalue weighted by Crippen LogP contribution is 2.31. The minimum absolute atomic E-state index is 0.0496. The molecule has 1 aromatic carbocycles. The highest BCUT2D eigenvalue weighted by Gasteiger charge is 2.20. The van der Waals surface area contributed by atoms with Gasteiger partial charge in [-0.2, -0.15) is 9.36 Å². The van der Waals surface area contributed by atoms with Crippen molar-refractivity contribution >= 4 is 27.5 Å². The van der Waals surface area contributed by atoms with Crippen LogP contribution in [0, 0.1) is 0 Å². The molecule has 0 aliphatic rings. The number of nitrogens with zero attached hydrogens (tertiary/aromatic N) is 2. The lowest BCUT2D eigenvalue weighted by atomic mass is 9.96. The number of hydrogen-bond acceptors (Lipinski definition) is 4. The fraction of sp³-hybridized carbons (Fsp3) is 0.333. The smallest absolute Gasteiger partial charge is 0.298 e. The molecule has 0 saturated carbocycles. The van der Waals surface area contributed by atoms with Gasteiger partial charge in [0.25, 0.3) is 5.19 Å². The minimum Gasteiger partial charge on any atom is -0.429 e. The summed E-state index contributed by atoms with van der Waals surface area (Å²) in [5.41, 5.74) is -0.0496. The Bertz CT molecular complexity index is 519. The summed E-state index contributed by atoms with van der Waals surface area (Å²) in [5.74, 6) is 1.56. The Hall–Kier alpha value is -0.940. The van der Waals surface area contributed by atoms with Crippen molar-refractivity contribution in [3.63, 3.8) is 0 Å². The maximum absolute atomic E-state index is 5.68. The van der Waals surface area contributed by atoms with Crippen LogP contribution in [-0.2, 0) is 5.41 Å². The lowest BCUT2D eigenvalue weighted by Crippen LogP contribution is -2.12. The van der Waals surface area contributed by atoms with E-state index in [0.717, 1.165) is 16.0 Å². The molecule has 0 aliphatic carbocycles. The number of benzene rings is 1. The Morgan fingerprint density at radius 2 is 1.94 bits per heavy atom. The average molecular weight is 313 g/mol. The molecular weight excluding hydrogens is 300 g/mol. The summed E-state index contributed by atoms with van der Waals surface area (Å²) in [7, 11) is 0. The lowest BCUT2D eigenvalue weighted by molar-refractivity contribution is 0.465. The number of rotatable bonds is 2. The summed E-state index contributed by atoms with van der Waals surface area (Å²) in [6.45, 7) is 6.24. The standard InChI is InChI=1S/C12H13BrN2OS/c1-12(2,3)10-14-11(17-15-10)16-9-7-5-4-6-8(9)13/h4-7H,1-3H3. The first-order valence-corrected chi connectivity index (χ1v) is 6.80. The Morgan fingerprint density at radius 3 is 2.53 bits per heavy atom. The number of aromatic nitrogens is 2. The van der Waals surface area contributed by atoms with E-state index >= 15 is 0 Å². The van der Waals surface area contributed by atoms with E-state index in [0.29, 0.717) is 5.19 Å². The highest BCUT2D eigenvalue weighted by atomic mass is 79.9. The average Bonchev–Trinajstić information content (AvgIpc) is 2.69. The van der Waals surface area contributed by atoms with Crippen molar-refractivity contribution in [2.45, 2.75) is 26.2 Å². The maximum atomic E-state index is 5.68. The Labute approximate surface area is 113 Å². The van der Waals surface area contributed by atoms with Gasteiger partial charge in [-0.05, 0) is 28.1 Å². The minimum atomic E-state index is -0.0496. The van der Waals surface area contributed by atoms with E-state index in [4.69, 9.17) is 4.74 Å². The molecule has 0 fully saturated rings. The first-order valence-electron chi connectivity index (χ1n) is 5.23. The molecule has 5 heteroatoms. The number of halogens is 1. The quantitative estimate of drug-likeness (QED) is 0.825. The fourth-order valence-corrected chi connectivity index (χ4v) is 2.28.